The van der Waals surface area contributed by atoms with Gasteiger partial charge in [-0.3, -0.25) is 9.52 Å². The number of carbonyl (C=O) groups excluding carboxylic acids is 1. The van der Waals surface area contributed by atoms with Gasteiger partial charge < -0.3 is 9.47 Å². The van der Waals surface area contributed by atoms with Crippen molar-refractivity contribution in [1.82, 2.24) is 19.5 Å². The average Bonchev–Trinajstić information content (AvgIpc) is 3.12. The van der Waals surface area contributed by atoms with E-state index in [1.54, 1.807) is 24.5 Å². The lowest BCUT2D eigenvalue weighted by molar-refractivity contribution is -0.114. The molecule has 1 unspecified atom stereocenters. The average molecular weight is 320 g/mol. The molecule has 3 heterocycles. The molecule has 3 rings (SSSR count). The van der Waals surface area contributed by atoms with Crippen LogP contribution < -0.4 is 14.2 Å². The smallest absolute Gasteiger partial charge is 0.258 e. The molecule has 0 bridgehead atoms. The number of nitrogens with zero attached hydrogens (tertiary/aromatic N) is 3. The number of rotatable bonds is 4. The normalized spacial score (nSPS) is 17.1. The quantitative estimate of drug-likeness (QED) is 0.884. The second-order valence-corrected chi connectivity index (χ2v) is 5.46. The van der Waals surface area contributed by atoms with Crippen molar-refractivity contribution in [2.45, 2.75) is 0 Å². The third-order valence-electron chi connectivity index (χ3n) is 2.99. The van der Waals surface area contributed by atoms with Crippen molar-refractivity contribution in [3.05, 3.63) is 30.6 Å². The summed E-state index contributed by atoms with van der Waals surface area (Å²) >= 11 is 0. The van der Waals surface area contributed by atoms with Crippen molar-refractivity contribution < 1.29 is 18.5 Å². The third kappa shape index (κ3) is 2.46. The maximum absolute atomic E-state index is 11.7. The van der Waals surface area contributed by atoms with E-state index in [-0.39, 0.29) is 5.03 Å². The molecule has 0 saturated heterocycles. The first-order valence-electron chi connectivity index (χ1n) is 6.21. The van der Waals surface area contributed by atoms with E-state index in [2.05, 4.69) is 14.8 Å². The fourth-order valence-electron chi connectivity index (χ4n) is 1.98. The van der Waals surface area contributed by atoms with Gasteiger partial charge >= 0.3 is 0 Å². The Balaban J connectivity index is 1.99. The molecule has 9 heteroatoms. The summed E-state index contributed by atoms with van der Waals surface area (Å²) in [5.74, 6) is 0.408. The maximum atomic E-state index is 11.7. The van der Waals surface area contributed by atoms with Gasteiger partial charge in [-0.05, 0) is 6.07 Å². The Hall–Kier alpha value is -2.68. The van der Waals surface area contributed by atoms with Gasteiger partial charge in [-0.25, -0.2) is 8.89 Å². The molecule has 22 heavy (non-hydrogen) atoms. The van der Waals surface area contributed by atoms with Crippen LogP contribution in [-0.2, 0) is 15.8 Å². The molecule has 0 fully saturated rings. The minimum absolute atomic E-state index is 0.275. The molecule has 1 aliphatic heterocycles. The molecule has 1 aliphatic rings. The summed E-state index contributed by atoms with van der Waals surface area (Å²) in [5.41, 5.74) is 1.42. The summed E-state index contributed by atoms with van der Waals surface area (Å²) in [4.78, 5) is 15.4. The predicted molar refractivity (Wildman–Crippen MR) is 79.1 cm³/mol. The highest BCUT2D eigenvalue weighted by Gasteiger charge is 2.22. The topological polar surface area (TPSA) is 95.3 Å². The fourth-order valence-corrected chi connectivity index (χ4v) is 2.81. The van der Waals surface area contributed by atoms with E-state index in [0.717, 1.165) is 0 Å². The van der Waals surface area contributed by atoms with Crippen LogP contribution >= 0.6 is 0 Å². The standard InChI is InChI=1S/C13H12N4O4S/c1-20-11-4-3-9(13(15-11)21-2)8-6-14-17(7-8)12-5-10(18)16-22(12)19/h3-7H,1-2H3,(H,16,18). The summed E-state index contributed by atoms with van der Waals surface area (Å²) in [6.45, 7) is 0. The number of methoxy groups -OCH3 is 2. The van der Waals surface area contributed by atoms with E-state index in [1.807, 2.05) is 0 Å². The molecule has 0 radical (unpaired) electrons. The Bertz CT molecular complexity index is 799. The van der Waals surface area contributed by atoms with Crippen LogP contribution in [0, 0.1) is 0 Å². The number of aromatic nitrogens is 3. The Morgan fingerprint density at radius 2 is 2.09 bits per heavy atom. The molecule has 0 aromatic carbocycles. The predicted octanol–water partition coefficient (Wildman–Crippen LogP) is 0.554. The molecule has 8 nitrogen and oxygen atoms in total. The van der Waals surface area contributed by atoms with Crippen molar-refractivity contribution in [2.75, 3.05) is 14.2 Å². The van der Waals surface area contributed by atoms with E-state index < -0.39 is 16.9 Å². The van der Waals surface area contributed by atoms with Crippen LogP contribution in [0.2, 0.25) is 0 Å². The number of pyridine rings is 1. The first kappa shape index (κ1) is 14.3. The zero-order valence-corrected chi connectivity index (χ0v) is 12.6. The number of carbonyl (C=O) groups is 1. The van der Waals surface area contributed by atoms with Crippen molar-refractivity contribution in [3.8, 4) is 22.9 Å². The van der Waals surface area contributed by atoms with Crippen molar-refractivity contribution in [2.24, 2.45) is 0 Å². The lowest BCUT2D eigenvalue weighted by Gasteiger charge is -2.07. The Morgan fingerprint density at radius 3 is 2.73 bits per heavy atom. The van der Waals surface area contributed by atoms with Crippen LogP contribution in [0.4, 0.5) is 0 Å². The summed E-state index contributed by atoms with van der Waals surface area (Å²) in [7, 11) is 1.42. The highest BCUT2D eigenvalue weighted by atomic mass is 32.2. The molecule has 0 spiro atoms. The largest absolute Gasteiger partial charge is 0.481 e. The monoisotopic (exact) mass is 320 g/mol. The van der Waals surface area contributed by atoms with E-state index >= 15 is 0 Å². The second-order valence-electron chi connectivity index (χ2n) is 4.30. The van der Waals surface area contributed by atoms with E-state index in [1.165, 1.54) is 25.0 Å². The zero-order valence-electron chi connectivity index (χ0n) is 11.8. The first-order valence-corrected chi connectivity index (χ1v) is 7.36. The highest BCUT2D eigenvalue weighted by molar-refractivity contribution is 7.93. The van der Waals surface area contributed by atoms with E-state index in [4.69, 9.17) is 9.47 Å². The lowest BCUT2D eigenvalue weighted by Crippen LogP contribution is -2.17. The summed E-state index contributed by atoms with van der Waals surface area (Å²) < 4.78 is 25.7. The van der Waals surface area contributed by atoms with Crippen LogP contribution in [0.3, 0.4) is 0 Å². The van der Waals surface area contributed by atoms with Gasteiger partial charge in [-0.15, -0.1) is 0 Å². The SMILES string of the molecule is COc1ccc(-c2cnn(C3=CC(=O)NS3=O)c2)c(OC)n1. The van der Waals surface area contributed by atoms with Gasteiger partial charge in [0.2, 0.25) is 11.8 Å². The van der Waals surface area contributed by atoms with Crippen LogP contribution in [0.5, 0.6) is 11.8 Å². The number of hydrogen-bond acceptors (Lipinski definition) is 6. The van der Waals surface area contributed by atoms with Gasteiger partial charge in [0, 0.05) is 29.5 Å². The Kier molecular flexibility index (Phi) is 3.63. The van der Waals surface area contributed by atoms with Gasteiger partial charge in [0.15, 0.2) is 16.0 Å². The molecule has 0 aliphatic carbocycles. The van der Waals surface area contributed by atoms with Gasteiger partial charge in [0.05, 0.1) is 20.4 Å². The molecule has 114 valence electrons. The highest BCUT2D eigenvalue weighted by Crippen LogP contribution is 2.30. The minimum Gasteiger partial charge on any atom is -0.481 e. The van der Waals surface area contributed by atoms with Crippen molar-refractivity contribution >= 4 is 21.9 Å². The Labute approximate surface area is 128 Å². The number of ether oxygens (including phenoxy) is 2. The maximum Gasteiger partial charge on any atom is 0.258 e. The molecule has 2 aromatic rings. The molecule has 1 atom stereocenters. The molecule has 0 saturated carbocycles. The summed E-state index contributed by atoms with van der Waals surface area (Å²) in [5, 5.41) is 4.40. The minimum atomic E-state index is -1.60. The molecule has 1 N–H and O–H groups in total. The van der Waals surface area contributed by atoms with Crippen LogP contribution in [0.15, 0.2) is 30.6 Å². The van der Waals surface area contributed by atoms with Crippen LogP contribution in [0.1, 0.15) is 0 Å². The van der Waals surface area contributed by atoms with Crippen LogP contribution in [0.25, 0.3) is 16.2 Å². The van der Waals surface area contributed by atoms with Gasteiger partial charge in [0.1, 0.15) is 0 Å². The number of nitrogens with one attached hydrogen (secondary N) is 1. The van der Waals surface area contributed by atoms with Gasteiger partial charge in [0.25, 0.3) is 5.91 Å². The molecular weight excluding hydrogens is 308 g/mol. The lowest BCUT2D eigenvalue weighted by atomic mass is 10.1. The first-order chi connectivity index (χ1) is 10.6. The summed E-state index contributed by atoms with van der Waals surface area (Å²) in [6, 6.07) is 3.49. The molecule has 2 aromatic heterocycles. The van der Waals surface area contributed by atoms with Crippen molar-refractivity contribution in [1.29, 1.82) is 0 Å². The number of hydrogen-bond donors (Lipinski definition) is 1. The molecular formula is C13H12N4O4S. The van der Waals surface area contributed by atoms with E-state index in [9.17, 15) is 9.00 Å². The molecule has 1 amide bonds. The third-order valence-corrected chi connectivity index (χ3v) is 4.07. The summed E-state index contributed by atoms with van der Waals surface area (Å²) in [6.07, 6.45) is 4.47. The zero-order chi connectivity index (χ0) is 15.7. The second kappa shape index (κ2) is 5.60. The van der Waals surface area contributed by atoms with Crippen LogP contribution in [-0.4, -0.2) is 39.1 Å². The van der Waals surface area contributed by atoms with Gasteiger partial charge in [-0.1, -0.05) is 0 Å². The number of amides is 1. The van der Waals surface area contributed by atoms with E-state index in [0.29, 0.717) is 22.9 Å². The van der Waals surface area contributed by atoms with Crippen molar-refractivity contribution in [3.63, 3.8) is 0 Å². The van der Waals surface area contributed by atoms with Gasteiger partial charge in [-0.2, -0.15) is 10.1 Å². The fraction of sp³-hybridized carbons (Fsp3) is 0.154. The Morgan fingerprint density at radius 1 is 1.27 bits per heavy atom.